The Hall–Kier alpha value is -1.46. The van der Waals surface area contributed by atoms with E-state index in [1.54, 1.807) is 26.0 Å². The van der Waals surface area contributed by atoms with Crippen molar-refractivity contribution in [2.45, 2.75) is 19.9 Å². The largest absolute Gasteiger partial charge is 0.482 e. The van der Waals surface area contributed by atoms with Gasteiger partial charge in [-0.25, -0.2) is 0 Å². The maximum absolute atomic E-state index is 12.0. The summed E-state index contributed by atoms with van der Waals surface area (Å²) in [5.74, 6) is -1.22. The number of hydrogen-bond donors (Lipinski definition) is 1. The molecule has 0 aliphatic rings. The number of nitrogens with zero attached hydrogens (tertiary/aromatic N) is 1. The molecule has 5 nitrogen and oxygen atoms in total. The average Bonchev–Trinajstić information content (AvgIpc) is 2.36. The summed E-state index contributed by atoms with van der Waals surface area (Å²) in [5.41, 5.74) is 0. The maximum atomic E-state index is 12.0. The molecular weight excluding hydrogens is 305 g/mol. The molecule has 0 unspecified atom stereocenters. The molecule has 0 heterocycles. The van der Waals surface area contributed by atoms with Crippen LogP contribution in [0.15, 0.2) is 18.2 Å². The summed E-state index contributed by atoms with van der Waals surface area (Å²) in [6.07, 6.45) is 0. The first-order valence-corrected chi connectivity index (χ1v) is 6.66. The Kier molecular flexibility index (Phi) is 6.10. The molecule has 0 aliphatic carbocycles. The first-order chi connectivity index (χ1) is 9.31. The molecule has 20 heavy (non-hydrogen) atoms. The topological polar surface area (TPSA) is 66.8 Å². The van der Waals surface area contributed by atoms with Crippen LogP contribution in [0, 0.1) is 0 Å². The third-order valence-electron chi connectivity index (χ3n) is 2.49. The molecule has 0 aromatic heterocycles. The predicted octanol–water partition coefficient (Wildman–Crippen LogP) is 2.69. The fraction of sp³-hybridized carbons (Fsp3) is 0.385. The number of aliphatic carboxylic acids is 1. The molecule has 110 valence electrons. The van der Waals surface area contributed by atoms with E-state index < -0.39 is 11.9 Å². The molecule has 0 saturated carbocycles. The average molecular weight is 320 g/mol. The van der Waals surface area contributed by atoms with Crippen molar-refractivity contribution in [1.29, 1.82) is 0 Å². The first-order valence-electron chi connectivity index (χ1n) is 5.90. The number of carbonyl (C=O) groups excluding carboxylic acids is 1. The van der Waals surface area contributed by atoms with Crippen LogP contribution in [0.5, 0.6) is 5.75 Å². The highest BCUT2D eigenvalue weighted by Crippen LogP contribution is 2.27. The summed E-state index contributed by atoms with van der Waals surface area (Å²) in [6, 6.07) is 4.41. The SMILES string of the molecule is CC(C)N(CC(=O)O)C(=O)COc1cc(Cl)ccc1Cl. The Morgan fingerprint density at radius 2 is 2.00 bits per heavy atom. The normalized spacial score (nSPS) is 10.4. The lowest BCUT2D eigenvalue weighted by Crippen LogP contribution is -2.43. The summed E-state index contributed by atoms with van der Waals surface area (Å²) < 4.78 is 5.29. The standard InChI is InChI=1S/C13H15Cl2NO4/c1-8(2)16(6-13(18)19)12(17)7-20-11-5-9(14)3-4-10(11)15/h3-5,8H,6-7H2,1-2H3,(H,18,19). The molecule has 0 spiro atoms. The van der Waals surface area contributed by atoms with E-state index in [0.29, 0.717) is 10.0 Å². The molecule has 1 aromatic carbocycles. The lowest BCUT2D eigenvalue weighted by atomic mass is 10.3. The molecule has 7 heteroatoms. The van der Waals surface area contributed by atoms with E-state index in [1.807, 2.05) is 0 Å². The van der Waals surface area contributed by atoms with Crippen molar-refractivity contribution >= 4 is 35.1 Å². The number of halogens is 2. The van der Waals surface area contributed by atoms with Crippen LogP contribution in [0.25, 0.3) is 0 Å². The van der Waals surface area contributed by atoms with Gasteiger partial charge in [0.05, 0.1) is 5.02 Å². The number of amides is 1. The number of carbonyl (C=O) groups is 2. The van der Waals surface area contributed by atoms with Crippen LogP contribution in [0.2, 0.25) is 10.0 Å². The summed E-state index contributed by atoms with van der Waals surface area (Å²) in [7, 11) is 0. The molecule has 1 N–H and O–H groups in total. The van der Waals surface area contributed by atoms with Gasteiger partial charge in [-0.1, -0.05) is 23.2 Å². The summed E-state index contributed by atoms with van der Waals surface area (Å²) >= 11 is 11.7. The molecule has 1 rings (SSSR count). The molecule has 0 fully saturated rings. The minimum absolute atomic E-state index is 0.239. The molecular formula is C13H15Cl2NO4. The highest BCUT2D eigenvalue weighted by Gasteiger charge is 2.20. The van der Waals surface area contributed by atoms with E-state index in [2.05, 4.69) is 0 Å². The number of rotatable bonds is 6. The van der Waals surface area contributed by atoms with Gasteiger partial charge in [-0.3, -0.25) is 9.59 Å². The number of hydrogen-bond acceptors (Lipinski definition) is 3. The fourth-order valence-corrected chi connectivity index (χ4v) is 1.85. The van der Waals surface area contributed by atoms with Crippen LogP contribution >= 0.6 is 23.2 Å². The van der Waals surface area contributed by atoms with Crippen molar-refractivity contribution in [3.63, 3.8) is 0 Å². The second kappa shape index (κ2) is 7.36. The van der Waals surface area contributed by atoms with Gasteiger partial charge in [-0.2, -0.15) is 0 Å². The van der Waals surface area contributed by atoms with E-state index in [1.165, 1.54) is 11.0 Å². The molecule has 0 aliphatic heterocycles. The van der Waals surface area contributed by atoms with Crippen LogP contribution < -0.4 is 4.74 Å². The zero-order valence-corrected chi connectivity index (χ0v) is 12.6. The highest BCUT2D eigenvalue weighted by atomic mass is 35.5. The zero-order chi connectivity index (χ0) is 15.3. The molecule has 1 aromatic rings. The van der Waals surface area contributed by atoms with Crippen LogP contribution in [-0.4, -0.2) is 41.1 Å². The van der Waals surface area contributed by atoms with Crippen molar-refractivity contribution < 1.29 is 19.4 Å². The van der Waals surface area contributed by atoms with Gasteiger partial charge in [-0.15, -0.1) is 0 Å². The maximum Gasteiger partial charge on any atom is 0.323 e. The van der Waals surface area contributed by atoms with E-state index >= 15 is 0 Å². The summed E-state index contributed by atoms with van der Waals surface area (Å²) in [6.45, 7) is 2.79. The lowest BCUT2D eigenvalue weighted by molar-refractivity contribution is -0.146. The Bertz CT molecular complexity index is 505. The van der Waals surface area contributed by atoms with Gasteiger partial charge in [0.15, 0.2) is 6.61 Å². The number of carboxylic acids is 1. The van der Waals surface area contributed by atoms with Gasteiger partial charge < -0.3 is 14.7 Å². The number of carboxylic acid groups (broad SMARTS) is 1. The Morgan fingerprint density at radius 1 is 1.35 bits per heavy atom. The second-order valence-electron chi connectivity index (χ2n) is 4.37. The molecule has 1 amide bonds. The van der Waals surface area contributed by atoms with Crippen LogP contribution in [0.4, 0.5) is 0 Å². The van der Waals surface area contributed by atoms with Crippen molar-refractivity contribution in [3.05, 3.63) is 28.2 Å². The van der Waals surface area contributed by atoms with Crippen LogP contribution in [0.1, 0.15) is 13.8 Å². The monoisotopic (exact) mass is 319 g/mol. The Morgan fingerprint density at radius 3 is 2.55 bits per heavy atom. The Labute approximate surface area is 127 Å². The summed E-state index contributed by atoms with van der Waals surface area (Å²) in [4.78, 5) is 23.9. The van der Waals surface area contributed by atoms with E-state index in [-0.39, 0.29) is 24.9 Å². The smallest absolute Gasteiger partial charge is 0.323 e. The van der Waals surface area contributed by atoms with Gasteiger partial charge >= 0.3 is 5.97 Å². The van der Waals surface area contributed by atoms with E-state index in [9.17, 15) is 9.59 Å². The van der Waals surface area contributed by atoms with Crippen molar-refractivity contribution in [2.75, 3.05) is 13.2 Å². The molecule has 0 saturated heterocycles. The van der Waals surface area contributed by atoms with Gasteiger partial charge in [0.25, 0.3) is 5.91 Å². The minimum atomic E-state index is -1.08. The number of benzene rings is 1. The van der Waals surface area contributed by atoms with Gasteiger partial charge in [0.1, 0.15) is 12.3 Å². The van der Waals surface area contributed by atoms with Crippen LogP contribution in [0.3, 0.4) is 0 Å². The Balaban J connectivity index is 2.69. The minimum Gasteiger partial charge on any atom is -0.482 e. The van der Waals surface area contributed by atoms with E-state index in [4.69, 9.17) is 33.0 Å². The summed E-state index contributed by atoms with van der Waals surface area (Å²) in [5, 5.41) is 9.54. The highest BCUT2D eigenvalue weighted by molar-refractivity contribution is 6.34. The van der Waals surface area contributed by atoms with Gasteiger partial charge in [0.2, 0.25) is 0 Å². The van der Waals surface area contributed by atoms with Crippen LogP contribution in [-0.2, 0) is 9.59 Å². The third kappa shape index (κ3) is 4.90. The molecule has 0 bridgehead atoms. The van der Waals surface area contributed by atoms with Crippen molar-refractivity contribution in [2.24, 2.45) is 0 Å². The predicted molar refractivity (Wildman–Crippen MR) is 76.4 cm³/mol. The molecule has 0 radical (unpaired) electrons. The zero-order valence-electron chi connectivity index (χ0n) is 11.1. The molecule has 0 atom stereocenters. The van der Waals surface area contributed by atoms with Gasteiger partial charge in [0, 0.05) is 17.1 Å². The lowest BCUT2D eigenvalue weighted by Gasteiger charge is -2.24. The van der Waals surface area contributed by atoms with E-state index in [0.717, 1.165) is 0 Å². The first kappa shape index (κ1) is 16.6. The third-order valence-corrected chi connectivity index (χ3v) is 3.04. The quantitative estimate of drug-likeness (QED) is 0.875. The van der Waals surface area contributed by atoms with Crippen molar-refractivity contribution in [3.8, 4) is 5.75 Å². The number of ether oxygens (including phenoxy) is 1. The second-order valence-corrected chi connectivity index (χ2v) is 5.22. The van der Waals surface area contributed by atoms with Crippen molar-refractivity contribution in [1.82, 2.24) is 4.90 Å². The fourth-order valence-electron chi connectivity index (χ4n) is 1.51. The van der Waals surface area contributed by atoms with Gasteiger partial charge in [-0.05, 0) is 26.0 Å².